The first-order valence-electron chi connectivity index (χ1n) is 7.37. The van der Waals surface area contributed by atoms with Gasteiger partial charge in [-0.1, -0.05) is 20.8 Å². The first kappa shape index (κ1) is 16.0. The van der Waals surface area contributed by atoms with Crippen molar-refractivity contribution in [3.05, 3.63) is 36.4 Å². The number of carbonyl (C=O) groups is 1. The summed E-state index contributed by atoms with van der Waals surface area (Å²) in [4.78, 5) is 20.5. The highest BCUT2D eigenvalue weighted by Crippen LogP contribution is 2.12. The van der Waals surface area contributed by atoms with Gasteiger partial charge in [-0.3, -0.25) is 4.79 Å². The maximum Gasteiger partial charge on any atom is 0.225 e. The van der Waals surface area contributed by atoms with Crippen molar-refractivity contribution in [2.24, 2.45) is 5.41 Å². The van der Waals surface area contributed by atoms with Crippen molar-refractivity contribution in [2.75, 3.05) is 18.4 Å². The van der Waals surface area contributed by atoms with E-state index in [4.69, 9.17) is 0 Å². The minimum absolute atomic E-state index is 0.0428. The number of nitrogens with one attached hydrogen (secondary N) is 2. The van der Waals surface area contributed by atoms with Crippen LogP contribution in [0.3, 0.4) is 0 Å². The molecule has 0 aliphatic carbocycles. The Morgan fingerprint density at radius 2 is 1.86 bits per heavy atom. The maximum atomic E-state index is 11.8. The van der Waals surface area contributed by atoms with E-state index in [1.54, 1.807) is 0 Å². The second kappa shape index (κ2) is 6.60. The highest BCUT2D eigenvalue weighted by atomic mass is 16.2. The summed E-state index contributed by atoms with van der Waals surface area (Å²) in [6.45, 7) is 8.72. The van der Waals surface area contributed by atoms with Gasteiger partial charge in [-0.15, -0.1) is 0 Å². The Bertz CT molecular complexity index is 628. The molecule has 0 bridgehead atoms. The van der Waals surface area contributed by atoms with Gasteiger partial charge in [-0.25, -0.2) is 9.97 Å². The molecule has 118 valence electrons. The molecule has 2 aromatic rings. The van der Waals surface area contributed by atoms with Crippen molar-refractivity contribution in [1.29, 1.82) is 0 Å². The lowest BCUT2D eigenvalue weighted by Gasteiger charge is -2.17. The molecule has 2 heterocycles. The van der Waals surface area contributed by atoms with Gasteiger partial charge in [0.2, 0.25) is 5.91 Å². The number of carbonyl (C=O) groups excluding carboxylic acids is 1. The average molecular weight is 301 g/mol. The van der Waals surface area contributed by atoms with Gasteiger partial charge in [0, 0.05) is 37.0 Å². The Morgan fingerprint density at radius 3 is 2.50 bits per heavy atom. The van der Waals surface area contributed by atoms with Crippen molar-refractivity contribution in [2.45, 2.75) is 27.7 Å². The van der Waals surface area contributed by atoms with Gasteiger partial charge < -0.3 is 15.2 Å². The van der Waals surface area contributed by atoms with Gasteiger partial charge in [0.15, 0.2) is 0 Å². The van der Waals surface area contributed by atoms with Crippen LogP contribution < -0.4 is 10.6 Å². The summed E-state index contributed by atoms with van der Waals surface area (Å²) in [5, 5.41) is 6.12. The summed E-state index contributed by atoms with van der Waals surface area (Å²) in [5.74, 6) is 2.31. The first-order chi connectivity index (χ1) is 10.4. The van der Waals surface area contributed by atoms with E-state index < -0.39 is 0 Å². The van der Waals surface area contributed by atoms with Gasteiger partial charge >= 0.3 is 0 Å². The summed E-state index contributed by atoms with van der Waals surface area (Å²) in [6.07, 6.45) is 3.88. The van der Waals surface area contributed by atoms with Crippen LogP contribution in [-0.4, -0.2) is 33.5 Å². The van der Waals surface area contributed by atoms with Gasteiger partial charge in [0.05, 0.1) is 0 Å². The van der Waals surface area contributed by atoms with E-state index in [0.29, 0.717) is 18.9 Å². The molecule has 2 N–H and O–H groups in total. The monoisotopic (exact) mass is 301 g/mol. The molecule has 0 aromatic carbocycles. The minimum Gasteiger partial charge on any atom is -0.368 e. The van der Waals surface area contributed by atoms with Crippen LogP contribution in [-0.2, 0) is 4.79 Å². The number of amides is 1. The van der Waals surface area contributed by atoms with Crippen molar-refractivity contribution in [3.63, 3.8) is 0 Å². The molecule has 6 nitrogen and oxygen atoms in total. The summed E-state index contributed by atoms with van der Waals surface area (Å²) in [7, 11) is 0. The van der Waals surface area contributed by atoms with Crippen LogP contribution in [0.4, 0.5) is 5.82 Å². The molecule has 0 saturated heterocycles. The number of nitrogens with zero attached hydrogens (tertiary/aromatic N) is 3. The molecule has 0 unspecified atom stereocenters. The molecule has 6 heteroatoms. The van der Waals surface area contributed by atoms with E-state index in [-0.39, 0.29) is 11.3 Å². The fourth-order valence-electron chi connectivity index (χ4n) is 1.89. The van der Waals surface area contributed by atoms with Crippen LogP contribution in [0.2, 0.25) is 0 Å². The Morgan fingerprint density at radius 1 is 1.18 bits per heavy atom. The minimum atomic E-state index is -0.368. The molecule has 1 amide bonds. The van der Waals surface area contributed by atoms with Crippen LogP contribution in [0, 0.1) is 12.3 Å². The van der Waals surface area contributed by atoms with E-state index in [0.717, 1.165) is 11.6 Å². The first-order valence-corrected chi connectivity index (χ1v) is 7.37. The van der Waals surface area contributed by atoms with Crippen molar-refractivity contribution in [3.8, 4) is 5.82 Å². The molecule has 0 radical (unpaired) electrons. The molecular formula is C16H23N5O. The van der Waals surface area contributed by atoms with Crippen molar-refractivity contribution < 1.29 is 4.79 Å². The Labute approximate surface area is 131 Å². The number of rotatable bonds is 5. The van der Waals surface area contributed by atoms with E-state index in [1.807, 2.05) is 62.9 Å². The van der Waals surface area contributed by atoms with Gasteiger partial charge in [-0.2, -0.15) is 0 Å². The zero-order valence-electron chi connectivity index (χ0n) is 13.6. The molecule has 0 aliphatic rings. The fraction of sp³-hybridized carbons (Fsp3) is 0.438. The third-order valence-electron chi connectivity index (χ3n) is 3.09. The Kier molecular flexibility index (Phi) is 4.80. The number of hydrogen-bond donors (Lipinski definition) is 2. The predicted octanol–water partition coefficient (Wildman–Crippen LogP) is 2.15. The third-order valence-corrected chi connectivity index (χ3v) is 3.09. The van der Waals surface area contributed by atoms with Crippen LogP contribution in [0.1, 0.15) is 26.6 Å². The summed E-state index contributed by atoms with van der Waals surface area (Å²) >= 11 is 0. The van der Waals surface area contributed by atoms with Crippen LogP contribution in [0.5, 0.6) is 0 Å². The Balaban J connectivity index is 1.92. The van der Waals surface area contributed by atoms with Crippen LogP contribution in [0.25, 0.3) is 5.82 Å². The van der Waals surface area contributed by atoms with Gasteiger partial charge in [0.1, 0.15) is 17.5 Å². The third kappa shape index (κ3) is 4.31. The molecular weight excluding hydrogens is 278 g/mol. The van der Waals surface area contributed by atoms with E-state index in [2.05, 4.69) is 20.6 Å². The molecule has 0 fully saturated rings. The lowest BCUT2D eigenvalue weighted by atomic mass is 9.96. The average Bonchev–Trinajstić information content (AvgIpc) is 2.96. The van der Waals surface area contributed by atoms with Gasteiger partial charge in [0.25, 0.3) is 0 Å². The quantitative estimate of drug-likeness (QED) is 0.830. The van der Waals surface area contributed by atoms with E-state index >= 15 is 0 Å². The molecule has 2 rings (SSSR count). The lowest BCUT2D eigenvalue weighted by Crippen LogP contribution is -2.37. The molecule has 0 spiro atoms. The van der Waals surface area contributed by atoms with E-state index in [1.165, 1.54) is 0 Å². The smallest absolute Gasteiger partial charge is 0.225 e. The zero-order chi connectivity index (χ0) is 16.2. The molecule has 2 aromatic heterocycles. The van der Waals surface area contributed by atoms with Crippen molar-refractivity contribution >= 4 is 11.7 Å². The molecule has 0 atom stereocenters. The van der Waals surface area contributed by atoms with Crippen LogP contribution >= 0.6 is 0 Å². The largest absolute Gasteiger partial charge is 0.368 e. The summed E-state index contributed by atoms with van der Waals surface area (Å²) in [5.41, 5.74) is -0.368. The number of anilines is 1. The standard InChI is InChI=1S/C16H23N5O/c1-12-19-13(11-14(20-12)21-9-5-6-10-21)17-7-8-18-15(22)16(2,3)4/h5-6,9-11H,7-8H2,1-4H3,(H,18,22)(H,17,19,20). The normalized spacial score (nSPS) is 11.3. The van der Waals surface area contributed by atoms with Crippen molar-refractivity contribution in [1.82, 2.24) is 19.9 Å². The number of aryl methyl sites for hydroxylation is 1. The maximum absolute atomic E-state index is 11.8. The number of aromatic nitrogens is 3. The zero-order valence-corrected chi connectivity index (χ0v) is 13.6. The highest BCUT2D eigenvalue weighted by Gasteiger charge is 2.20. The SMILES string of the molecule is Cc1nc(NCCNC(=O)C(C)(C)C)cc(-n2cccc2)n1. The summed E-state index contributed by atoms with van der Waals surface area (Å²) in [6, 6.07) is 5.79. The van der Waals surface area contributed by atoms with Gasteiger partial charge in [-0.05, 0) is 19.1 Å². The Hall–Kier alpha value is -2.37. The lowest BCUT2D eigenvalue weighted by molar-refractivity contribution is -0.128. The predicted molar refractivity (Wildman–Crippen MR) is 87.1 cm³/mol. The highest BCUT2D eigenvalue weighted by molar-refractivity contribution is 5.81. The summed E-state index contributed by atoms with van der Waals surface area (Å²) < 4.78 is 1.93. The number of hydrogen-bond acceptors (Lipinski definition) is 4. The molecule has 0 saturated carbocycles. The topological polar surface area (TPSA) is 71.8 Å². The fourth-order valence-corrected chi connectivity index (χ4v) is 1.89. The molecule has 0 aliphatic heterocycles. The van der Waals surface area contributed by atoms with E-state index in [9.17, 15) is 4.79 Å². The van der Waals surface area contributed by atoms with Crippen LogP contribution in [0.15, 0.2) is 30.6 Å². The second-order valence-electron chi connectivity index (χ2n) is 6.18. The second-order valence-corrected chi connectivity index (χ2v) is 6.18. The molecule has 22 heavy (non-hydrogen) atoms.